The molecule has 162 valence electrons. The van der Waals surface area contributed by atoms with Crippen LogP contribution in [0.5, 0.6) is 0 Å². The molecule has 2 aromatic rings. The van der Waals surface area contributed by atoms with Crippen molar-refractivity contribution in [3.05, 3.63) is 31.7 Å². The number of guanidine groups is 1. The lowest BCUT2D eigenvalue weighted by Crippen LogP contribution is -2.38. The summed E-state index contributed by atoms with van der Waals surface area (Å²) >= 11 is 2.14. The molecule has 2 N–H and O–H groups in total. The number of aliphatic imine (C=N–C) groups is 1. The molecule has 1 atom stereocenters. The van der Waals surface area contributed by atoms with Gasteiger partial charge in [0.15, 0.2) is 11.7 Å². The number of nitrogens with one attached hydrogen (secondary N) is 2. The van der Waals surface area contributed by atoms with E-state index in [-0.39, 0.29) is 48.2 Å². The molecule has 0 saturated carbocycles. The second-order valence-corrected chi connectivity index (χ2v) is 7.58. The monoisotopic (exact) mass is 563 g/mol. The van der Waals surface area contributed by atoms with Gasteiger partial charge >= 0.3 is 12.1 Å². The summed E-state index contributed by atoms with van der Waals surface area (Å²) in [5.74, 6) is -0.0375. The molecule has 0 amide bonds. The highest BCUT2D eigenvalue weighted by atomic mass is 127. The molecule has 2 aromatic heterocycles. The van der Waals surface area contributed by atoms with E-state index >= 15 is 0 Å². The van der Waals surface area contributed by atoms with Crippen LogP contribution in [0.15, 0.2) is 10.4 Å². The van der Waals surface area contributed by atoms with Crippen LogP contribution in [0.1, 0.15) is 51.0 Å². The Hall–Kier alpha value is -1.48. The molecule has 2 rings (SSSR count). The molecular formula is C16H21F3IN5O2S2. The normalized spacial score (nSPS) is 12.9. The molecule has 0 aromatic carbocycles. The Morgan fingerprint density at radius 2 is 2.07 bits per heavy atom. The topological polar surface area (TPSA) is 88.5 Å². The molecule has 0 aliphatic heterocycles. The molecule has 0 aliphatic rings. The first kappa shape index (κ1) is 25.6. The number of carbonyl (C=O) groups is 1. The zero-order valence-corrected chi connectivity index (χ0v) is 20.0. The summed E-state index contributed by atoms with van der Waals surface area (Å²) in [6.07, 6.45) is -4.46. The molecule has 7 nitrogen and oxygen atoms in total. The fourth-order valence-electron chi connectivity index (χ4n) is 2.13. The van der Waals surface area contributed by atoms with Crippen molar-refractivity contribution in [1.29, 1.82) is 0 Å². The Labute approximate surface area is 191 Å². The molecule has 0 radical (unpaired) electrons. The van der Waals surface area contributed by atoms with Gasteiger partial charge < -0.3 is 15.4 Å². The standard InChI is InChI=1S/C16H20F3N5O2S2.HI/c1-5-26-14(25)12-8(2)22-13(28-12)9(3)23-15(20-4)21-6-11-24-10(7-27-11)16(17,18)19;/h7,9H,5-6H2,1-4H3,(H2,20,21,23);1H. The van der Waals surface area contributed by atoms with Gasteiger partial charge in [-0.2, -0.15) is 13.2 Å². The first-order chi connectivity index (χ1) is 13.2. The van der Waals surface area contributed by atoms with Crippen LogP contribution in [0.25, 0.3) is 0 Å². The fourth-order valence-corrected chi connectivity index (χ4v) is 3.84. The molecule has 29 heavy (non-hydrogen) atoms. The van der Waals surface area contributed by atoms with Crippen molar-refractivity contribution in [2.45, 2.75) is 39.5 Å². The molecular weight excluding hydrogens is 542 g/mol. The molecule has 13 heteroatoms. The van der Waals surface area contributed by atoms with Gasteiger partial charge in [0.2, 0.25) is 0 Å². The lowest BCUT2D eigenvalue weighted by molar-refractivity contribution is -0.140. The largest absolute Gasteiger partial charge is 0.462 e. The molecule has 0 bridgehead atoms. The number of aryl methyl sites for hydroxylation is 1. The molecule has 1 unspecified atom stereocenters. The van der Waals surface area contributed by atoms with E-state index in [1.807, 2.05) is 6.92 Å². The zero-order valence-electron chi connectivity index (χ0n) is 16.1. The van der Waals surface area contributed by atoms with Crippen LogP contribution in [0.3, 0.4) is 0 Å². The smallest absolute Gasteiger partial charge is 0.434 e. The van der Waals surface area contributed by atoms with Crippen molar-refractivity contribution in [3.8, 4) is 0 Å². The van der Waals surface area contributed by atoms with Crippen molar-refractivity contribution in [2.24, 2.45) is 4.99 Å². The van der Waals surface area contributed by atoms with Crippen LogP contribution >= 0.6 is 46.7 Å². The summed E-state index contributed by atoms with van der Waals surface area (Å²) in [5, 5.41) is 7.94. The van der Waals surface area contributed by atoms with Crippen molar-refractivity contribution in [3.63, 3.8) is 0 Å². The number of hydrogen-bond donors (Lipinski definition) is 2. The Morgan fingerprint density at radius 3 is 2.62 bits per heavy atom. The third-order valence-electron chi connectivity index (χ3n) is 3.47. The summed E-state index contributed by atoms with van der Waals surface area (Å²) in [6, 6.07) is -0.278. The number of ether oxygens (including phenoxy) is 1. The van der Waals surface area contributed by atoms with E-state index in [9.17, 15) is 18.0 Å². The number of aromatic nitrogens is 2. The molecule has 0 spiro atoms. The van der Waals surface area contributed by atoms with Crippen LogP contribution in [-0.4, -0.2) is 35.6 Å². The predicted molar refractivity (Wildman–Crippen MR) is 117 cm³/mol. The Bertz CT molecular complexity index is 854. The average Bonchev–Trinajstić information content (AvgIpc) is 3.25. The average molecular weight is 563 g/mol. The summed E-state index contributed by atoms with van der Waals surface area (Å²) in [4.78, 5) is 24.4. The molecule has 0 saturated heterocycles. The number of carbonyl (C=O) groups excluding carboxylic acids is 1. The van der Waals surface area contributed by atoms with Crippen LogP contribution in [-0.2, 0) is 17.5 Å². The Morgan fingerprint density at radius 1 is 1.38 bits per heavy atom. The SMILES string of the molecule is CCOC(=O)c1sc(C(C)NC(=NC)NCc2nc(C(F)(F)F)cs2)nc1C.I. The van der Waals surface area contributed by atoms with Gasteiger partial charge in [-0.3, -0.25) is 4.99 Å². The highest BCUT2D eigenvalue weighted by Crippen LogP contribution is 2.30. The van der Waals surface area contributed by atoms with Gasteiger partial charge in [0.05, 0.1) is 24.9 Å². The van der Waals surface area contributed by atoms with E-state index in [1.54, 1.807) is 20.9 Å². The van der Waals surface area contributed by atoms with Gasteiger partial charge in [-0.25, -0.2) is 14.8 Å². The second-order valence-electron chi connectivity index (χ2n) is 5.60. The maximum Gasteiger partial charge on any atom is 0.434 e. The minimum Gasteiger partial charge on any atom is -0.462 e. The van der Waals surface area contributed by atoms with Crippen LogP contribution in [0, 0.1) is 6.92 Å². The van der Waals surface area contributed by atoms with Crippen LogP contribution in [0.4, 0.5) is 13.2 Å². The summed E-state index contributed by atoms with van der Waals surface area (Å²) in [7, 11) is 1.54. The summed E-state index contributed by atoms with van der Waals surface area (Å²) < 4.78 is 42.9. The third kappa shape index (κ3) is 7.06. The van der Waals surface area contributed by atoms with Gasteiger partial charge in [-0.05, 0) is 20.8 Å². The highest BCUT2D eigenvalue weighted by Gasteiger charge is 2.33. The minimum absolute atomic E-state index is 0. The number of esters is 1. The van der Waals surface area contributed by atoms with Crippen molar-refractivity contribution in [2.75, 3.05) is 13.7 Å². The van der Waals surface area contributed by atoms with E-state index in [2.05, 4.69) is 25.6 Å². The van der Waals surface area contributed by atoms with E-state index in [1.165, 1.54) is 11.3 Å². The van der Waals surface area contributed by atoms with Crippen molar-refractivity contribution in [1.82, 2.24) is 20.6 Å². The Balaban J connectivity index is 0.00000420. The Kier molecular flexibility index (Phi) is 9.75. The van der Waals surface area contributed by atoms with Gasteiger partial charge in [-0.15, -0.1) is 46.7 Å². The molecule has 0 aliphatic carbocycles. The van der Waals surface area contributed by atoms with E-state index in [0.29, 0.717) is 21.5 Å². The highest BCUT2D eigenvalue weighted by molar-refractivity contribution is 14.0. The zero-order chi connectivity index (χ0) is 20.9. The fraction of sp³-hybridized carbons (Fsp3) is 0.500. The first-order valence-corrected chi connectivity index (χ1v) is 9.98. The van der Waals surface area contributed by atoms with Crippen molar-refractivity contribution >= 4 is 58.6 Å². The van der Waals surface area contributed by atoms with Gasteiger partial charge in [-0.1, -0.05) is 0 Å². The summed E-state index contributed by atoms with van der Waals surface area (Å²) in [5.41, 5.74) is -0.326. The number of nitrogens with zero attached hydrogens (tertiary/aromatic N) is 3. The van der Waals surface area contributed by atoms with Gasteiger partial charge in [0, 0.05) is 12.4 Å². The third-order valence-corrected chi connectivity index (χ3v) is 5.64. The number of hydrogen-bond acceptors (Lipinski definition) is 7. The molecule has 0 fully saturated rings. The second kappa shape index (κ2) is 11.1. The summed E-state index contributed by atoms with van der Waals surface area (Å²) in [6.45, 7) is 5.67. The van der Waals surface area contributed by atoms with E-state index < -0.39 is 17.8 Å². The maximum absolute atomic E-state index is 12.6. The van der Waals surface area contributed by atoms with Crippen LogP contribution < -0.4 is 10.6 Å². The lowest BCUT2D eigenvalue weighted by Gasteiger charge is -2.15. The van der Waals surface area contributed by atoms with Crippen LogP contribution in [0.2, 0.25) is 0 Å². The number of alkyl halides is 3. The van der Waals surface area contributed by atoms with Gasteiger partial charge in [0.1, 0.15) is 14.9 Å². The molecule has 2 heterocycles. The van der Waals surface area contributed by atoms with E-state index in [0.717, 1.165) is 16.7 Å². The predicted octanol–water partition coefficient (Wildman–Crippen LogP) is 4.15. The minimum atomic E-state index is -4.46. The number of halogens is 4. The quantitative estimate of drug-likeness (QED) is 0.238. The lowest BCUT2D eigenvalue weighted by atomic mass is 10.3. The maximum atomic E-state index is 12.6. The van der Waals surface area contributed by atoms with Gasteiger partial charge in [0.25, 0.3) is 0 Å². The first-order valence-electron chi connectivity index (χ1n) is 8.28. The number of rotatable bonds is 6. The van der Waals surface area contributed by atoms with E-state index in [4.69, 9.17) is 4.74 Å². The van der Waals surface area contributed by atoms with Crippen molar-refractivity contribution < 1.29 is 22.7 Å². The number of thiazole rings is 2.